The van der Waals surface area contributed by atoms with E-state index in [9.17, 15) is 9.59 Å². The van der Waals surface area contributed by atoms with Crippen molar-refractivity contribution in [1.82, 2.24) is 5.43 Å². The van der Waals surface area contributed by atoms with Crippen LogP contribution in [-0.4, -0.2) is 24.2 Å². The SMILES string of the molecule is CCOC(=O)NN=C1C=C2C=CC3C(CC[C@@]4(C)C3CC3CCCCC34C(C)=O)[C@@]2(C)CC1. The van der Waals surface area contributed by atoms with Crippen molar-refractivity contribution in [2.45, 2.75) is 85.5 Å². The minimum absolute atomic E-state index is 0.0864. The van der Waals surface area contributed by atoms with E-state index in [0.717, 1.165) is 25.0 Å². The van der Waals surface area contributed by atoms with Gasteiger partial charge in [0.1, 0.15) is 5.78 Å². The van der Waals surface area contributed by atoms with Crippen molar-refractivity contribution < 1.29 is 14.3 Å². The summed E-state index contributed by atoms with van der Waals surface area (Å²) < 4.78 is 4.93. The quantitative estimate of drug-likeness (QED) is 0.518. The Bertz CT molecular complexity index is 935. The normalized spacial score (nSPS) is 44.7. The number of nitrogens with zero attached hydrogens (tertiary/aromatic N) is 1. The highest BCUT2D eigenvalue weighted by Crippen LogP contribution is 2.73. The molecule has 7 atom stereocenters. The molecular weight excluding hydrogens is 412 g/mol. The molecule has 3 fully saturated rings. The molecule has 180 valence electrons. The fraction of sp³-hybridized carbons (Fsp3) is 0.750. The minimum Gasteiger partial charge on any atom is -0.449 e. The van der Waals surface area contributed by atoms with Gasteiger partial charge in [0.2, 0.25) is 0 Å². The molecule has 33 heavy (non-hydrogen) atoms. The molecule has 0 bridgehead atoms. The van der Waals surface area contributed by atoms with E-state index in [2.05, 4.69) is 42.6 Å². The molecule has 5 aliphatic carbocycles. The number of ketones is 1. The number of hydrogen-bond donors (Lipinski definition) is 1. The van der Waals surface area contributed by atoms with Crippen LogP contribution in [0.15, 0.2) is 28.9 Å². The number of amides is 1. The van der Waals surface area contributed by atoms with Gasteiger partial charge >= 0.3 is 6.09 Å². The zero-order valence-corrected chi connectivity index (χ0v) is 20.8. The van der Waals surface area contributed by atoms with Gasteiger partial charge in [-0.1, -0.05) is 38.8 Å². The molecule has 5 unspecified atom stereocenters. The van der Waals surface area contributed by atoms with Crippen LogP contribution in [0, 0.1) is 39.9 Å². The van der Waals surface area contributed by atoms with Gasteiger partial charge in [0, 0.05) is 5.41 Å². The van der Waals surface area contributed by atoms with Gasteiger partial charge in [-0.3, -0.25) is 4.79 Å². The van der Waals surface area contributed by atoms with E-state index in [4.69, 9.17) is 4.74 Å². The molecule has 5 aliphatic rings. The Morgan fingerprint density at radius 2 is 1.97 bits per heavy atom. The zero-order valence-electron chi connectivity index (χ0n) is 20.8. The average molecular weight is 453 g/mol. The third-order valence-corrected chi connectivity index (χ3v) is 10.7. The Kier molecular flexibility index (Phi) is 5.61. The van der Waals surface area contributed by atoms with Crippen LogP contribution in [0.1, 0.15) is 85.5 Å². The van der Waals surface area contributed by atoms with Gasteiger partial charge in [0.05, 0.1) is 12.3 Å². The number of Topliss-reactive ketones (excluding diaryl/α,β-unsaturated/α-hetero) is 1. The summed E-state index contributed by atoms with van der Waals surface area (Å²) in [6, 6.07) is 0. The standard InChI is InChI=1S/C28H40N2O3/c1-5-33-25(32)30-29-21-11-14-26(3)19(16-21)9-10-22-23(26)12-15-27(4)24(22)17-20-8-6-7-13-28(20,27)18(2)31/h9-10,16,20,22-24H,5-8,11-15,17H2,1-4H3,(H,30,32)/t20?,22?,23?,24?,26-,27-,28?/m0/s1. The van der Waals surface area contributed by atoms with Crippen molar-refractivity contribution in [3.05, 3.63) is 23.8 Å². The zero-order chi connectivity index (χ0) is 23.4. The summed E-state index contributed by atoms with van der Waals surface area (Å²) in [6.45, 7) is 8.95. The Morgan fingerprint density at radius 3 is 2.73 bits per heavy atom. The Hall–Kier alpha value is -1.91. The molecule has 0 saturated heterocycles. The first kappa shape index (κ1) is 22.9. The van der Waals surface area contributed by atoms with Gasteiger partial charge in [-0.15, -0.1) is 0 Å². The molecule has 0 radical (unpaired) electrons. The van der Waals surface area contributed by atoms with Crippen molar-refractivity contribution in [3.63, 3.8) is 0 Å². The Morgan fingerprint density at radius 1 is 1.15 bits per heavy atom. The summed E-state index contributed by atoms with van der Waals surface area (Å²) in [4.78, 5) is 24.9. The highest BCUT2D eigenvalue weighted by molar-refractivity contribution is 5.97. The maximum Gasteiger partial charge on any atom is 0.427 e. The first-order chi connectivity index (χ1) is 15.8. The van der Waals surface area contributed by atoms with Gasteiger partial charge in [0.15, 0.2) is 0 Å². The highest BCUT2D eigenvalue weighted by atomic mass is 16.5. The minimum atomic E-state index is -0.496. The molecule has 0 heterocycles. The number of hydrazone groups is 1. The molecule has 5 rings (SSSR count). The van der Waals surface area contributed by atoms with Gasteiger partial charge in [-0.2, -0.15) is 5.10 Å². The first-order valence-corrected chi connectivity index (χ1v) is 13.2. The molecule has 1 amide bonds. The number of carbonyl (C=O) groups excluding carboxylic acids is 2. The molecule has 0 aliphatic heterocycles. The molecule has 1 N–H and O–H groups in total. The molecule has 5 heteroatoms. The van der Waals surface area contributed by atoms with Gasteiger partial charge < -0.3 is 4.74 Å². The van der Waals surface area contributed by atoms with Gasteiger partial charge in [-0.25, -0.2) is 10.2 Å². The molecule has 0 aromatic carbocycles. The van der Waals surface area contributed by atoms with E-state index in [1.165, 1.54) is 44.1 Å². The molecule has 0 spiro atoms. The molecule has 3 saturated carbocycles. The summed E-state index contributed by atoms with van der Waals surface area (Å²) in [6.07, 6.45) is 16.9. The van der Waals surface area contributed by atoms with Crippen LogP contribution in [-0.2, 0) is 9.53 Å². The second-order valence-corrected chi connectivity index (χ2v) is 11.8. The van der Waals surface area contributed by atoms with E-state index in [-0.39, 0.29) is 16.2 Å². The predicted molar refractivity (Wildman–Crippen MR) is 130 cm³/mol. The van der Waals surface area contributed by atoms with Crippen molar-refractivity contribution in [2.24, 2.45) is 45.0 Å². The van der Waals surface area contributed by atoms with Crippen molar-refractivity contribution in [2.75, 3.05) is 6.61 Å². The van der Waals surface area contributed by atoms with E-state index < -0.39 is 6.09 Å². The van der Waals surface area contributed by atoms with Crippen molar-refractivity contribution in [3.8, 4) is 0 Å². The van der Waals surface area contributed by atoms with Crippen LogP contribution in [0.5, 0.6) is 0 Å². The highest BCUT2D eigenvalue weighted by Gasteiger charge is 2.68. The van der Waals surface area contributed by atoms with E-state index in [1.54, 1.807) is 6.92 Å². The van der Waals surface area contributed by atoms with E-state index >= 15 is 0 Å². The number of ether oxygens (including phenoxy) is 1. The largest absolute Gasteiger partial charge is 0.449 e. The topological polar surface area (TPSA) is 67.8 Å². The smallest absolute Gasteiger partial charge is 0.427 e. The lowest BCUT2D eigenvalue weighted by Gasteiger charge is -2.58. The molecule has 0 aromatic heterocycles. The lowest BCUT2D eigenvalue weighted by atomic mass is 9.45. The van der Waals surface area contributed by atoms with Crippen molar-refractivity contribution in [1.29, 1.82) is 0 Å². The fourth-order valence-corrected chi connectivity index (χ4v) is 9.18. The van der Waals surface area contributed by atoms with Crippen LogP contribution >= 0.6 is 0 Å². The molecule has 5 nitrogen and oxygen atoms in total. The van der Waals surface area contributed by atoms with E-state index in [0.29, 0.717) is 36.1 Å². The van der Waals surface area contributed by atoms with Crippen LogP contribution in [0.4, 0.5) is 4.79 Å². The number of carbonyl (C=O) groups is 2. The number of hydrogen-bond acceptors (Lipinski definition) is 4. The summed E-state index contributed by atoms with van der Waals surface area (Å²) in [5.74, 6) is 2.84. The van der Waals surface area contributed by atoms with Crippen LogP contribution in [0.25, 0.3) is 0 Å². The van der Waals surface area contributed by atoms with Crippen molar-refractivity contribution >= 4 is 17.6 Å². The van der Waals surface area contributed by atoms with Crippen LogP contribution < -0.4 is 5.43 Å². The van der Waals surface area contributed by atoms with Gasteiger partial charge in [0.25, 0.3) is 0 Å². The predicted octanol–water partition coefficient (Wildman–Crippen LogP) is 6.20. The third-order valence-electron chi connectivity index (χ3n) is 10.7. The summed E-state index contributed by atoms with van der Waals surface area (Å²) in [5, 5.41) is 4.31. The molecular formula is C28H40N2O3. The third kappa shape index (κ3) is 3.20. The lowest BCUT2D eigenvalue weighted by molar-refractivity contribution is -0.145. The van der Waals surface area contributed by atoms with Crippen LogP contribution in [0.2, 0.25) is 0 Å². The average Bonchev–Trinajstić information content (AvgIpc) is 3.08. The summed E-state index contributed by atoms with van der Waals surface area (Å²) in [7, 11) is 0. The summed E-state index contributed by atoms with van der Waals surface area (Å²) >= 11 is 0. The monoisotopic (exact) mass is 452 g/mol. The second-order valence-electron chi connectivity index (χ2n) is 11.8. The molecule has 0 aromatic rings. The number of fused-ring (bicyclic) bond motifs is 7. The van der Waals surface area contributed by atoms with E-state index in [1.807, 2.05) is 6.92 Å². The number of rotatable bonds is 3. The number of nitrogens with one attached hydrogen (secondary N) is 1. The Balaban J connectivity index is 1.45. The second kappa shape index (κ2) is 8.09. The Labute approximate surface area is 198 Å². The summed E-state index contributed by atoms with van der Waals surface area (Å²) in [5.41, 5.74) is 4.98. The first-order valence-electron chi connectivity index (χ1n) is 13.2. The maximum absolute atomic E-state index is 13.2. The number of allylic oxidation sites excluding steroid dienone is 4. The fourth-order valence-electron chi connectivity index (χ4n) is 9.18. The van der Waals surface area contributed by atoms with Gasteiger partial charge in [-0.05, 0) is 105 Å². The maximum atomic E-state index is 13.2. The lowest BCUT2D eigenvalue weighted by Crippen LogP contribution is -2.54. The van der Waals surface area contributed by atoms with Crippen LogP contribution in [0.3, 0.4) is 0 Å².